The lowest BCUT2D eigenvalue weighted by atomic mass is 9.93. The van der Waals surface area contributed by atoms with Gasteiger partial charge in [-0.15, -0.1) is 0 Å². The standard InChI is InChI=1S/C27H34FN3O/c1-20(2)19-32-26-10-6-22(7-11-26)18-31-27(23-12-14-30(3)15-13-23)17-25(29-31)16-21-4-8-24(28)9-5-21/h4-11,17,20,23H,12-16,18-19H2,1-3H3. The van der Waals surface area contributed by atoms with Gasteiger partial charge in [0.15, 0.2) is 0 Å². The third-order valence-electron chi connectivity index (χ3n) is 6.14. The summed E-state index contributed by atoms with van der Waals surface area (Å²) in [6.07, 6.45) is 3.02. The van der Waals surface area contributed by atoms with Crippen LogP contribution in [-0.4, -0.2) is 41.4 Å². The van der Waals surface area contributed by atoms with E-state index in [1.807, 2.05) is 12.1 Å². The van der Waals surface area contributed by atoms with Crippen molar-refractivity contribution in [1.29, 1.82) is 0 Å². The molecular weight excluding hydrogens is 401 g/mol. The van der Waals surface area contributed by atoms with Crippen LogP contribution in [0.3, 0.4) is 0 Å². The molecule has 0 amide bonds. The number of likely N-dealkylation sites (tertiary alicyclic amines) is 1. The normalized spacial score (nSPS) is 15.4. The summed E-state index contributed by atoms with van der Waals surface area (Å²) in [6, 6.07) is 17.4. The second-order valence-corrected chi connectivity index (χ2v) is 9.45. The van der Waals surface area contributed by atoms with E-state index < -0.39 is 0 Å². The zero-order valence-corrected chi connectivity index (χ0v) is 19.4. The van der Waals surface area contributed by atoms with Crippen LogP contribution in [-0.2, 0) is 13.0 Å². The van der Waals surface area contributed by atoms with Crippen molar-refractivity contribution in [2.75, 3.05) is 26.7 Å². The maximum Gasteiger partial charge on any atom is 0.123 e. The molecule has 2 heterocycles. The van der Waals surface area contributed by atoms with Crippen LogP contribution in [0.15, 0.2) is 54.6 Å². The van der Waals surface area contributed by atoms with Gasteiger partial charge < -0.3 is 9.64 Å². The highest BCUT2D eigenvalue weighted by Gasteiger charge is 2.23. The molecule has 0 spiro atoms. The molecule has 0 radical (unpaired) electrons. The molecular formula is C27H34FN3O. The largest absolute Gasteiger partial charge is 0.493 e. The van der Waals surface area contributed by atoms with Gasteiger partial charge in [0.2, 0.25) is 0 Å². The van der Waals surface area contributed by atoms with Gasteiger partial charge in [0.25, 0.3) is 0 Å². The number of nitrogens with zero attached hydrogens (tertiary/aromatic N) is 3. The highest BCUT2D eigenvalue weighted by Crippen LogP contribution is 2.29. The van der Waals surface area contributed by atoms with Crippen LogP contribution >= 0.6 is 0 Å². The third-order valence-corrected chi connectivity index (χ3v) is 6.14. The zero-order valence-electron chi connectivity index (χ0n) is 19.4. The van der Waals surface area contributed by atoms with E-state index in [2.05, 4.69) is 60.8 Å². The number of halogens is 1. The predicted octanol–water partition coefficient (Wildman–Crippen LogP) is 5.51. The average Bonchev–Trinajstić information content (AvgIpc) is 3.17. The minimum Gasteiger partial charge on any atom is -0.493 e. The second-order valence-electron chi connectivity index (χ2n) is 9.45. The fourth-order valence-electron chi connectivity index (χ4n) is 4.27. The number of benzene rings is 2. The van der Waals surface area contributed by atoms with Gasteiger partial charge in [-0.05, 0) is 80.4 Å². The van der Waals surface area contributed by atoms with Crippen molar-refractivity contribution in [3.8, 4) is 5.75 Å². The molecule has 32 heavy (non-hydrogen) atoms. The molecule has 1 saturated heterocycles. The minimum atomic E-state index is -0.202. The molecule has 0 aliphatic carbocycles. The van der Waals surface area contributed by atoms with E-state index >= 15 is 0 Å². The fraction of sp³-hybridized carbons (Fsp3) is 0.444. The van der Waals surface area contributed by atoms with Crippen LogP contribution in [0.1, 0.15) is 55.1 Å². The SMILES string of the molecule is CC(C)COc1ccc(Cn2nc(Cc3ccc(F)cc3)cc2C2CCN(C)CC2)cc1. The summed E-state index contributed by atoms with van der Waals surface area (Å²) in [6.45, 7) is 8.01. The van der Waals surface area contributed by atoms with Crippen LogP contribution in [0.2, 0.25) is 0 Å². The summed E-state index contributed by atoms with van der Waals surface area (Å²) in [7, 11) is 2.19. The first-order chi connectivity index (χ1) is 15.5. The van der Waals surface area contributed by atoms with E-state index in [0.717, 1.165) is 62.5 Å². The summed E-state index contributed by atoms with van der Waals surface area (Å²) in [4.78, 5) is 2.40. The molecule has 1 aliphatic rings. The van der Waals surface area contributed by atoms with Crippen LogP contribution in [0.5, 0.6) is 5.75 Å². The van der Waals surface area contributed by atoms with E-state index in [0.29, 0.717) is 11.8 Å². The van der Waals surface area contributed by atoms with Crippen molar-refractivity contribution < 1.29 is 9.13 Å². The molecule has 0 atom stereocenters. The highest BCUT2D eigenvalue weighted by atomic mass is 19.1. The van der Waals surface area contributed by atoms with Crippen molar-refractivity contribution in [1.82, 2.24) is 14.7 Å². The van der Waals surface area contributed by atoms with E-state index in [4.69, 9.17) is 9.84 Å². The van der Waals surface area contributed by atoms with Crippen molar-refractivity contribution in [2.45, 2.75) is 45.6 Å². The van der Waals surface area contributed by atoms with Gasteiger partial charge in [-0.1, -0.05) is 38.1 Å². The van der Waals surface area contributed by atoms with Gasteiger partial charge >= 0.3 is 0 Å². The quantitative estimate of drug-likeness (QED) is 0.468. The summed E-state index contributed by atoms with van der Waals surface area (Å²) >= 11 is 0. The smallest absolute Gasteiger partial charge is 0.123 e. The zero-order chi connectivity index (χ0) is 22.5. The molecule has 4 rings (SSSR count). The molecule has 0 saturated carbocycles. The summed E-state index contributed by atoms with van der Waals surface area (Å²) < 4.78 is 21.3. The Bertz CT molecular complexity index is 987. The number of piperidine rings is 1. The molecule has 5 heteroatoms. The third kappa shape index (κ3) is 5.98. The number of aromatic nitrogens is 2. The number of hydrogen-bond acceptors (Lipinski definition) is 3. The lowest BCUT2D eigenvalue weighted by molar-refractivity contribution is 0.250. The molecule has 0 bridgehead atoms. The van der Waals surface area contributed by atoms with Crippen molar-refractivity contribution >= 4 is 0 Å². The average molecular weight is 436 g/mol. The Morgan fingerprint density at radius 1 is 1.00 bits per heavy atom. The Hall–Kier alpha value is -2.66. The minimum absolute atomic E-state index is 0.202. The van der Waals surface area contributed by atoms with Gasteiger partial charge in [-0.3, -0.25) is 4.68 Å². The highest BCUT2D eigenvalue weighted by molar-refractivity contribution is 5.29. The van der Waals surface area contributed by atoms with Crippen LogP contribution < -0.4 is 4.74 Å². The van der Waals surface area contributed by atoms with Gasteiger partial charge in [0.1, 0.15) is 11.6 Å². The Morgan fingerprint density at radius 2 is 1.66 bits per heavy atom. The maximum atomic E-state index is 13.3. The predicted molar refractivity (Wildman–Crippen MR) is 127 cm³/mol. The van der Waals surface area contributed by atoms with Gasteiger partial charge in [0.05, 0.1) is 18.8 Å². The van der Waals surface area contributed by atoms with E-state index in [1.165, 1.54) is 23.4 Å². The second kappa shape index (κ2) is 10.3. The number of ether oxygens (including phenoxy) is 1. The molecule has 1 fully saturated rings. The van der Waals surface area contributed by atoms with E-state index in [9.17, 15) is 4.39 Å². The topological polar surface area (TPSA) is 30.3 Å². The summed E-state index contributed by atoms with van der Waals surface area (Å²) in [5.41, 5.74) is 4.66. The van der Waals surface area contributed by atoms with Crippen molar-refractivity contribution in [3.05, 3.63) is 82.9 Å². The first kappa shape index (κ1) is 22.5. The van der Waals surface area contributed by atoms with Gasteiger partial charge in [-0.25, -0.2) is 4.39 Å². The first-order valence-electron chi connectivity index (χ1n) is 11.7. The summed E-state index contributed by atoms with van der Waals surface area (Å²) in [5, 5.41) is 4.98. The maximum absolute atomic E-state index is 13.3. The molecule has 1 aliphatic heterocycles. The molecule has 4 nitrogen and oxygen atoms in total. The fourth-order valence-corrected chi connectivity index (χ4v) is 4.27. The van der Waals surface area contributed by atoms with Crippen molar-refractivity contribution in [3.63, 3.8) is 0 Å². The van der Waals surface area contributed by atoms with E-state index in [-0.39, 0.29) is 5.82 Å². The van der Waals surface area contributed by atoms with Gasteiger partial charge in [0, 0.05) is 18.0 Å². The molecule has 1 aromatic heterocycles. The van der Waals surface area contributed by atoms with Crippen molar-refractivity contribution in [2.24, 2.45) is 5.92 Å². The molecule has 2 aromatic carbocycles. The molecule has 3 aromatic rings. The molecule has 170 valence electrons. The van der Waals surface area contributed by atoms with Gasteiger partial charge in [-0.2, -0.15) is 5.10 Å². The number of hydrogen-bond donors (Lipinski definition) is 0. The first-order valence-corrected chi connectivity index (χ1v) is 11.7. The monoisotopic (exact) mass is 435 g/mol. The lowest BCUT2D eigenvalue weighted by Crippen LogP contribution is -2.30. The summed E-state index contributed by atoms with van der Waals surface area (Å²) in [5.74, 6) is 1.74. The Kier molecular flexibility index (Phi) is 7.26. The van der Waals surface area contributed by atoms with Crippen LogP contribution in [0.25, 0.3) is 0 Å². The lowest BCUT2D eigenvalue weighted by Gasteiger charge is -2.29. The Balaban J connectivity index is 1.53. The van der Waals surface area contributed by atoms with Crippen LogP contribution in [0.4, 0.5) is 4.39 Å². The number of rotatable bonds is 8. The Morgan fingerprint density at radius 3 is 2.31 bits per heavy atom. The van der Waals surface area contributed by atoms with Crippen LogP contribution in [0, 0.1) is 11.7 Å². The molecule has 0 N–H and O–H groups in total. The Labute approximate surface area is 191 Å². The van der Waals surface area contributed by atoms with E-state index in [1.54, 1.807) is 0 Å². The molecule has 0 unspecified atom stereocenters.